The average molecular weight is 338 g/mol. The first kappa shape index (κ1) is 15.0. The van der Waals surface area contributed by atoms with Crippen LogP contribution in [0.3, 0.4) is 0 Å². The number of hydrogen-bond donors (Lipinski definition) is 1. The topological polar surface area (TPSA) is 21.3 Å². The van der Waals surface area contributed by atoms with Crippen molar-refractivity contribution in [3.8, 4) is 5.75 Å². The number of hydrogen-bond acceptors (Lipinski definition) is 2. The zero-order valence-electron chi connectivity index (χ0n) is 11.5. The van der Waals surface area contributed by atoms with Gasteiger partial charge in [-0.25, -0.2) is 4.39 Å². The van der Waals surface area contributed by atoms with E-state index in [-0.39, 0.29) is 5.82 Å². The Bertz CT molecular complexity index is 601. The third-order valence-corrected chi connectivity index (χ3v) is 3.68. The van der Waals surface area contributed by atoms with Crippen molar-refractivity contribution in [1.29, 1.82) is 0 Å². The quantitative estimate of drug-likeness (QED) is 0.882. The van der Waals surface area contributed by atoms with Gasteiger partial charge >= 0.3 is 0 Å². The second kappa shape index (κ2) is 6.86. The van der Waals surface area contributed by atoms with Gasteiger partial charge in [0.05, 0.1) is 4.47 Å². The lowest BCUT2D eigenvalue weighted by Gasteiger charge is -2.11. The molecule has 2 nitrogen and oxygen atoms in total. The van der Waals surface area contributed by atoms with Gasteiger partial charge in [-0.2, -0.15) is 0 Å². The molecule has 0 aliphatic heterocycles. The van der Waals surface area contributed by atoms with Crippen LogP contribution in [0.25, 0.3) is 0 Å². The van der Waals surface area contributed by atoms with E-state index in [0.717, 1.165) is 27.9 Å². The largest absolute Gasteiger partial charge is 0.488 e. The lowest BCUT2D eigenvalue weighted by atomic mass is 10.1. The fraction of sp³-hybridized carbons (Fsp3) is 0.250. The molecule has 2 rings (SSSR count). The van der Waals surface area contributed by atoms with Crippen molar-refractivity contribution < 1.29 is 9.13 Å². The molecule has 2 aromatic rings. The number of ether oxygens (including phenoxy) is 1. The first-order chi connectivity index (χ1) is 9.60. The first-order valence-electron chi connectivity index (χ1n) is 6.41. The van der Waals surface area contributed by atoms with E-state index in [1.54, 1.807) is 6.07 Å². The molecule has 20 heavy (non-hydrogen) atoms. The molecule has 0 aromatic heterocycles. The van der Waals surface area contributed by atoms with Gasteiger partial charge in [-0.05, 0) is 70.9 Å². The molecule has 0 bridgehead atoms. The van der Waals surface area contributed by atoms with E-state index < -0.39 is 0 Å². The standard InChI is InChI=1S/C16H17BrFNO/c1-11-7-14(18)5-4-13(11)10-20-16-6-3-12(9-19-2)8-15(16)17/h3-8,19H,9-10H2,1-2H3. The molecule has 0 aliphatic rings. The Morgan fingerprint density at radius 3 is 2.65 bits per heavy atom. The van der Waals surface area contributed by atoms with Gasteiger partial charge in [-0.1, -0.05) is 12.1 Å². The molecule has 4 heteroatoms. The van der Waals surface area contributed by atoms with Crippen molar-refractivity contribution in [3.05, 3.63) is 63.4 Å². The molecule has 0 fully saturated rings. The maximum absolute atomic E-state index is 13.0. The second-order valence-corrected chi connectivity index (χ2v) is 5.51. The Hall–Kier alpha value is -1.39. The summed E-state index contributed by atoms with van der Waals surface area (Å²) in [7, 11) is 1.91. The normalized spacial score (nSPS) is 10.6. The van der Waals surface area contributed by atoms with Crippen molar-refractivity contribution in [2.75, 3.05) is 7.05 Å². The van der Waals surface area contributed by atoms with Crippen molar-refractivity contribution in [3.63, 3.8) is 0 Å². The third kappa shape index (κ3) is 3.81. The molecule has 0 unspecified atom stereocenters. The second-order valence-electron chi connectivity index (χ2n) is 4.65. The summed E-state index contributed by atoms with van der Waals surface area (Å²) in [6.07, 6.45) is 0. The maximum Gasteiger partial charge on any atom is 0.134 e. The molecule has 0 atom stereocenters. The van der Waals surface area contributed by atoms with Gasteiger partial charge < -0.3 is 10.1 Å². The molecule has 106 valence electrons. The minimum atomic E-state index is -0.219. The molecule has 0 spiro atoms. The van der Waals surface area contributed by atoms with Crippen LogP contribution >= 0.6 is 15.9 Å². The summed E-state index contributed by atoms with van der Waals surface area (Å²) in [6.45, 7) is 3.12. The van der Waals surface area contributed by atoms with Crippen molar-refractivity contribution in [1.82, 2.24) is 5.32 Å². The van der Waals surface area contributed by atoms with Gasteiger partial charge in [0.1, 0.15) is 18.2 Å². The predicted octanol–water partition coefficient (Wildman–Crippen LogP) is 4.20. The lowest BCUT2D eigenvalue weighted by Crippen LogP contribution is -2.05. The van der Waals surface area contributed by atoms with Crippen molar-refractivity contribution >= 4 is 15.9 Å². The Labute approximate surface area is 127 Å². The van der Waals surface area contributed by atoms with Crippen molar-refractivity contribution in [2.24, 2.45) is 0 Å². The van der Waals surface area contributed by atoms with E-state index in [2.05, 4.69) is 21.2 Å². The van der Waals surface area contributed by atoms with Gasteiger partial charge in [0, 0.05) is 6.54 Å². The van der Waals surface area contributed by atoms with Crippen LogP contribution in [0.4, 0.5) is 4.39 Å². The van der Waals surface area contributed by atoms with E-state index >= 15 is 0 Å². The minimum absolute atomic E-state index is 0.219. The van der Waals surface area contributed by atoms with Gasteiger partial charge in [0.25, 0.3) is 0 Å². The van der Waals surface area contributed by atoms with Crippen LogP contribution < -0.4 is 10.1 Å². The summed E-state index contributed by atoms with van der Waals surface area (Å²) < 4.78 is 19.7. The number of rotatable bonds is 5. The smallest absolute Gasteiger partial charge is 0.134 e. The first-order valence-corrected chi connectivity index (χ1v) is 7.20. The number of halogens is 2. The van der Waals surface area contributed by atoms with E-state index in [1.807, 2.05) is 32.2 Å². The summed E-state index contributed by atoms with van der Waals surface area (Å²) >= 11 is 3.51. The fourth-order valence-electron chi connectivity index (χ4n) is 1.95. The Balaban J connectivity index is 2.07. The Morgan fingerprint density at radius 2 is 2.00 bits per heavy atom. The fourth-order valence-corrected chi connectivity index (χ4v) is 2.49. The summed E-state index contributed by atoms with van der Waals surface area (Å²) in [4.78, 5) is 0. The maximum atomic E-state index is 13.0. The lowest BCUT2D eigenvalue weighted by molar-refractivity contribution is 0.303. The molecule has 0 amide bonds. The monoisotopic (exact) mass is 337 g/mol. The number of nitrogens with one attached hydrogen (secondary N) is 1. The van der Waals surface area contributed by atoms with Gasteiger partial charge in [-0.15, -0.1) is 0 Å². The highest BCUT2D eigenvalue weighted by molar-refractivity contribution is 9.10. The molecule has 2 aromatic carbocycles. The van der Waals surface area contributed by atoms with Crippen LogP contribution in [0, 0.1) is 12.7 Å². The van der Waals surface area contributed by atoms with E-state index in [0.29, 0.717) is 6.61 Å². The minimum Gasteiger partial charge on any atom is -0.488 e. The van der Waals surface area contributed by atoms with E-state index in [9.17, 15) is 4.39 Å². The van der Waals surface area contributed by atoms with Crippen LogP contribution in [-0.2, 0) is 13.2 Å². The van der Waals surface area contributed by atoms with Gasteiger partial charge in [-0.3, -0.25) is 0 Å². The Kier molecular flexibility index (Phi) is 5.15. The molecule has 0 saturated heterocycles. The summed E-state index contributed by atoms with van der Waals surface area (Å²) in [5.41, 5.74) is 3.07. The Morgan fingerprint density at radius 1 is 1.20 bits per heavy atom. The van der Waals surface area contributed by atoms with Crippen LogP contribution in [-0.4, -0.2) is 7.05 Å². The zero-order chi connectivity index (χ0) is 14.5. The summed E-state index contributed by atoms with van der Waals surface area (Å²) in [5.74, 6) is 0.567. The molecule has 0 radical (unpaired) electrons. The van der Waals surface area contributed by atoms with Crippen LogP contribution in [0.15, 0.2) is 40.9 Å². The van der Waals surface area contributed by atoms with Crippen molar-refractivity contribution in [2.45, 2.75) is 20.1 Å². The molecule has 0 heterocycles. The number of benzene rings is 2. The average Bonchev–Trinajstić information content (AvgIpc) is 2.40. The van der Waals surface area contributed by atoms with Crippen LogP contribution in [0.2, 0.25) is 0 Å². The van der Waals surface area contributed by atoms with Crippen LogP contribution in [0.1, 0.15) is 16.7 Å². The zero-order valence-corrected chi connectivity index (χ0v) is 13.1. The van der Waals surface area contributed by atoms with E-state index in [4.69, 9.17) is 4.74 Å². The summed E-state index contributed by atoms with van der Waals surface area (Å²) in [5, 5.41) is 3.10. The third-order valence-electron chi connectivity index (χ3n) is 3.07. The molecular formula is C16H17BrFNO. The SMILES string of the molecule is CNCc1ccc(OCc2ccc(F)cc2C)c(Br)c1. The highest BCUT2D eigenvalue weighted by Crippen LogP contribution is 2.27. The molecule has 0 saturated carbocycles. The van der Waals surface area contributed by atoms with E-state index in [1.165, 1.54) is 17.7 Å². The highest BCUT2D eigenvalue weighted by Gasteiger charge is 2.05. The van der Waals surface area contributed by atoms with Gasteiger partial charge in [0.2, 0.25) is 0 Å². The number of aryl methyl sites for hydroxylation is 1. The molecule has 1 N–H and O–H groups in total. The van der Waals surface area contributed by atoms with Crippen LogP contribution in [0.5, 0.6) is 5.75 Å². The molecule has 0 aliphatic carbocycles. The van der Waals surface area contributed by atoms with Gasteiger partial charge in [0.15, 0.2) is 0 Å². The molecular weight excluding hydrogens is 321 g/mol. The summed E-state index contributed by atoms with van der Waals surface area (Å²) in [6, 6.07) is 10.7. The predicted molar refractivity (Wildman–Crippen MR) is 82.4 cm³/mol. The highest BCUT2D eigenvalue weighted by atomic mass is 79.9.